The second-order valence-electron chi connectivity index (χ2n) is 8.11. The van der Waals surface area contributed by atoms with Gasteiger partial charge in [-0.3, -0.25) is 0 Å². The van der Waals surface area contributed by atoms with Gasteiger partial charge in [0.1, 0.15) is 31.5 Å². The number of aryl methyl sites for hydroxylation is 1. The van der Waals surface area contributed by atoms with Gasteiger partial charge in [0.15, 0.2) is 11.5 Å². The summed E-state index contributed by atoms with van der Waals surface area (Å²) < 4.78 is 16.4. The number of benzene rings is 2. The SMILES string of the molecule is COc1ccc(C[NH2+]C[C@@H](O)COc2ccc(C(C)(C)C)cc2C)cc1OC. The van der Waals surface area contributed by atoms with E-state index in [1.165, 1.54) is 5.56 Å². The molecular weight excluding hydrogens is 354 g/mol. The second-order valence-corrected chi connectivity index (χ2v) is 8.11. The predicted molar refractivity (Wildman–Crippen MR) is 111 cm³/mol. The quantitative estimate of drug-likeness (QED) is 0.693. The number of nitrogens with two attached hydrogens (primary N) is 1. The van der Waals surface area contributed by atoms with Crippen LogP contribution in [0.4, 0.5) is 0 Å². The van der Waals surface area contributed by atoms with Gasteiger partial charge in [-0.05, 0) is 47.7 Å². The van der Waals surface area contributed by atoms with E-state index >= 15 is 0 Å². The Balaban J connectivity index is 1.81. The van der Waals surface area contributed by atoms with Crippen molar-refractivity contribution in [3.05, 3.63) is 53.1 Å². The van der Waals surface area contributed by atoms with E-state index in [-0.39, 0.29) is 12.0 Å². The van der Waals surface area contributed by atoms with Gasteiger partial charge in [-0.2, -0.15) is 0 Å². The van der Waals surface area contributed by atoms with Gasteiger partial charge >= 0.3 is 0 Å². The fraction of sp³-hybridized carbons (Fsp3) is 0.478. The zero-order chi connectivity index (χ0) is 20.7. The van der Waals surface area contributed by atoms with Crippen molar-refractivity contribution in [2.24, 2.45) is 0 Å². The van der Waals surface area contributed by atoms with Gasteiger partial charge in [0.2, 0.25) is 0 Å². The van der Waals surface area contributed by atoms with Crippen LogP contribution in [0.25, 0.3) is 0 Å². The molecule has 0 spiro atoms. The molecule has 0 bridgehead atoms. The number of quaternary nitrogens is 1. The first kappa shape index (κ1) is 22.1. The van der Waals surface area contributed by atoms with Gasteiger partial charge in [0.05, 0.1) is 14.2 Å². The molecule has 5 nitrogen and oxygen atoms in total. The van der Waals surface area contributed by atoms with Gasteiger partial charge in [-0.1, -0.05) is 32.9 Å². The van der Waals surface area contributed by atoms with E-state index in [4.69, 9.17) is 14.2 Å². The first-order valence-corrected chi connectivity index (χ1v) is 9.69. The highest BCUT2D eigenvalue weighted by Crippen LogP contribution is 2.28. The maximum Gasteiger partial charge on any atom is 0.161 e. The molecule has 0 radical (unpaired) electrons. The Kier molecular flexibility index (Phi) is 7.72. The molecular formula is C23H34NO4+. The summed E-state index contributed by atoms with van der Waals surface area (Å²) in [6.45, 7) is 10.2. The number of hydrogen-bond acceptors (Lipinski definition) is 4. The molecule has 154 valence electrons. The van der Waals surface area contributed by atoms with Crippen LogP contribution in [0.3, 0.4) is 0 Å². The number of hydrogen-bond donors (Lipinski definition) is 2. The summed E-state index contributed by atoms with van der Waals surface area (Å²) in [6, 6.07) is 12.1. The third-order valence-corrected chi connectivity index (χ3v) is 4.74. The molecule has 1 atom stereocenters. The van der Waals surface area contributed by atoms with Gasteiger partial charge in [-0.25, -0.2) is 0 Å². The number of aliphatic hydroxyl groups excluding tert-OH is 1. The lowest BCUT2D eigenvalue weighted by atomic mass is 9.86. The molecule has 0 aliphatic rings. The van der Waals surface area contributed by atoms with Gasteiger partial charge in [0.25, 0.3) is 0 Å². The highest BCUT2D eigenvalue weighted by molar-refractivity contribution is 5.42. The van der Waals surface area contributed by atoms with Crippen molar-refractivity contribution < 1.29 is 24.6 Å². The summed E-state index contributed by atoms with van der Waals surface area (Å²) in [5.41, 5.74) is 3.59. The first-order valence-electron chi connectivity index (χ1n) is 9.69. The first-order chi connectivity index (χ1) is 13.2. The summed E-state index contributed by atoms with van der Waals surface area (Å²) in [7, 11) is 3.25. The molecule has 2 aromatic rings. The molecule has 0 saturated carbocycles. The molecule has 0 fully saturated rings. The fourth-order valence-electron chi connectivity index (χ4n) is 2.98. The smallest absolute Gasteiger partial charge is 0.161 e. The van der Waals surface area contributed by atoms with E-state index in [1.54, 1.807) is 14.2 Å². The predicted octanol–water partition coefficient (Wildman–Crippen LogP) is 2.81. The summed E-state index contributed by atoms with van der Waals surface area (Å²) in [5, 5.41) is 12.3. The van der Waals surface area contributed by atoms with Crippen LogP contribution < -0.4 is 19.5 Å². The average molecular weight is 389 g/mol. The van der Waals surface area contributed by atoms with Crippen LogP contribution >= 0.6 is 0 Å². The third kappa shape index (κ3) is 6.14. The largest absolute Gasteiger partial charge is 0.493 e. The van der Waals surface area contributed by atoms with Crippen LogP contribution in [0.2, 0.25) is 0 Å². The lowest BCUT2D eigenvalue weighted by Crippen LogP contribution is -2.85. The Morgan fingerprint density at radius 3 is 2.25 bits per heavy atom. The van der Waals surface area contributed by atoms with Gasteiger partial charge in [0, 0.05) is 5.56 Å². The van der Waals surface area contributed by atoms with E-state index < -0.39 is 6.10 Å². The highest BCUT2D eigenvalue weighted by atomic mass is 16.5. The summed E-state index contributed by atoms with van der Waals surface area (Å²) >= 11 is 0. The van der Waals surface area contributed by atoms with Crippen LogP contribution in [0.15, 0.2) is 36.4 Å². The third-order valence-electron chi connectivity index (χ3n) is 4.74. The van der Waals surface area contributed by atoms with Crippen LogP contribution in [-0.4, -0.2) is 38.6 Å². The zero-order valence-corrected chi connectivity index (χ0v) is 17.9. The minimum absolute atomic E-state index is 0.113. The molecule has 0 saturated heterocycles. The van der Waals surface area contributed by atoms with Crippen molar-refractivity contribution in [3.8, 4) is 17.2 Å². The normalized spacial score (nSPS) is 12.5. The maximum absolute atomic E-state index is 10.2. The van der Waals surface area contributed by atoms with Gasteiger partial charge < -0.3 is 24.6 Å². The van der Waals surface area contributed by atoms with Crippen molar-refractivity contribution in [2.45, 2.75) is 45.8 Å². The van der Waals surface area contributed by atoms with Gasteiger partial charge in [-0.15, -0.1) is 0 Å². The molecule has 0 aromatic heterocycles. The summed E-state index contributed by atoms with van der Waals surface area (Å²) in [4.78, 5) is 0. The lowest BCUT2D eigenvalue weighted by molar-refractivity contribution is -0.676. The lowest BCUT2D eigenvalue weighted by Gasteiger charge is -2.21. The summed E-state index contributed by atoms with van der Waals surface area (Å²) in [6.07, 6.45) is -0.540. The molecule has 3 N–H and O–H groups in total. The molecule has 5 heteroatoms. The number of ether oxygens (including phenoxy) is 3. The summed E-state index contributed by atoms with van der Waals surface area (Å²) in [5.74, 6) is 2.26. The Labute approximate surface area is 168 Å². The van der Waals surface area contributed by atoms with Crippen molar-refractivity contribution in [1.82, 2.24) is 0 Å². The molecule has 0 aliphatic carbocycles. The number of methoxy groups -OCH3 is 2. The average Bonchev–Trinajstić information content (AvgIpc) is 2.66. The Morgan fingerprint density at radius 2 is 1.64 bits per heavy atom. The monoisotopic (exact) mass is 388 g/mol. The van der Waals surface area contributed by atoms with E-state index in [1.807, 2.05) is 31.2 Å². The zero-order valence-electron chi connectivity index (χ0n) is 17.9. The molecule has 2 aromatic carbocycles. The topological polar surface area (TPSA) is 64.5 Å². The van der Waals surface area contributed by atoms with Crippen molar-refractivity contribution in [3.63, 3.8) is 0 Å². The van der Waals surface area contributed by atoms with Crippen molar-refractivity contribution in [2.75, 3.05) is 27.4 Å². The molecule has 0 heterocycles. The van der Waals surface area contributed by atoms with Crippen LogP contribution in [-0.2, 0) is 12.0 Å². The minimum Gasteiger partial charge on any atom is -0.493 e. The van der Waals surface area contributed by atoms with E-state index in [2.05, 4.69) is 38.2 Å². The fourth-order valence-corrected chi connectivity index (χ4v) is 2.98. The van der Waals surface area contributed by atoms with Crippen LogP contribution in [0.1, 0.15) is 37.5 Å². The maximum atomic E-state index is 10.2. The van der Waals surface area contributed by atoms with E-state index in [0.29, 0.717) is 18.0 Å². The Bertz CT molecular complexity index is 768. The number of rotatable bonds is 9. The second kappa shape index (κ2) is 9.80. The van der Waals surface area contributed by atoms with Crippen molar-refractivity contribution >= 4 is 0 Å². The van der Waals surface area contributed by atoms with Crippen LogP contribution in [0.5, 0.6) is 17.2 Å². The minimum atomic E-state index is -0.540. The highest BCUT2D eigenvalue weighted by Gasteiger charge is 2.15. The Hall–Kier alpha value is -2.24. The Morgan fingerprint density at radius 1 is 0.964 bits per heavy atom. The van der Waals surface area contributed by atoms with E-state index in [9.17, 15) is 5.11 Å². The number of aliphatic hydroxyl groups is 1. The van der Waals surface area contributed by atoms with Crippen molar-refractivity contribution in [1.29, 1.82) is 0 Å². The molecule has 2 rings (SSSR count). The van der Waals surface area contributed by atoms with E-state index in [0.717, 1.165) is 23.4 Å². The molecule has 28 heavy (non-hydrogen) atoms. The standard InChI is InChI=1S/C23H33NO4/c1-16-11-18(23(2,3)4)8-10-20(16)28-15-19(25)14-24-13-17-7-9-21(26-5)22(12-17)27-6/h7-12,19,24-25H,13-15H2,1-6H3/p+1/t19-/m1/s1. The molecule has 0 amide bonds. The molecule has 0 unspecified atom stereocenters. The molecule has 0 aliphatic heterocycles. The van der Waals surface area contributed by atoms with Crippen LogP contribution in [0, 0.1) is 6.92 Å².